The van der Waals surface area contributed by atoms with Crippen LogP contribution in [0.15, 0.2) is 82.6 Å². The zero-order chi connectivity index (χ0) is 24.7. The van der Waals surface area contributed by atoms with Crippen LogP contribution in [0.2, 0.25) is 0 Å². The number of allylic oxidation sites excluding steroid dienone is 3. The van der Waals surface area contributed by atoms with E-state index in [1.54, 1.807) is 49.4 Å². The van der Waals surface area contributed by atoms with Crippen LogP contribution in [-0.2, 0) is 25.7 Å². The SMILES string of the molecule is C=C(C)C(=O)OCc1ccc(/N=N\c2cccc(N)c2N)c(OCCC2=CC=CC(=O)C2=O)c1. The topological polar surface area (TPSA) is 146 Å². The third-order valence-electron chi connectivity index (χ3n) is 4.81. The van der Waals surface area contributed by atoms with Crippen LogP contribution in [0.3, 0.4) is 0 Å². The Bertz CT molecular complexity index is 1240. The summed E-state index contributed by atoms with van der Waals surface area (Å²) in [5, 5.41) is 8.40. The number of hydrogen-bond acceptors (Lipinski definition) is 9. The Morgan fingerprint density at radius 1 is 1.09 bits per heavy atom. The van der Waals surface area contributed by atoms with Crippen molar-refractivity contribution in [1.82, 2.24) is 0 Å². The van der Waals surface area contributed by atoms with Crippen LogP contribution in [0.1, 0.15) is 18.9 Å². The predicted octanol–water partition coefficient (Wildman–Crippen LogP) is 4.29. The van der Waals surface area contributed by atoms with E-state index in [1.165, 1.54) is 12.2 Å². The summed E-state index contributed by atoms with van der Waals surface area (Å²) in [6.07, 6.45) is 4.57. The Balaban J connectivity index is 1.80. The highest BCUT2D eigenvalue weighted by Gasteiger charge is 2.19. The van der Waals surface area contributed by atoms with Gasteiger partial charge in [-0.2, -0.15) is 0 Å². The van der Waals surface area contributed by atoms with Crippen molar-refractivity contribution < 1.29 is 23.9 Å². The molecule has 9 nitrogen and oxygen atoms in total. The van der Waals surface area contributed by atoms with Gasteiger partial charge in [-0.05, 0) is 42.8 Å². The van der Waals surface area contributed by atoms with Crippen LogP contribution < -0.4 is 16.2 Å². The fourth-order valence-electron chi connectivity index (χ4n) is 2.91. The van der Waals surface area contributed by atoms with Crippen molar-refractivity contribution in [2.45, 2.75) is 20.0 Å². The maximum absolute atomic E-state index is 12.0. The van der Waals surface area contributed by atoms with Crippen molar-refractivity contribution in [3.63, 3.8) is 0 Å². The molecular weight excluding hydrogens is 436 g/mol. The van der Waals surface area contributed by atoms with Crippen molar-refractivity contribution in [2.24, 2.45) is 10.2 Å². The predicted molar refractivity (Wildman–Crippen MR) is 128 cm³/mol. The maximum Gasteiger partial charge on any atom is 0.333 e. The second kappa shape index (κ2) is 10.9. The Labute approximate surface area is 196 Å². The number of ether oxygens (including phenoxy) is 2. The van der Waals surface area contributed by atoms with E-state index < -0.39 is 17.5 Å². The lowest BCUT2D eigenvalue weighted by molar-refractivity contribution is -0.140. The van der Waals surface area contributed by atoms with E-state index in [0.29, 0.717) is 39.6 Å². The maximum atomic E-state index is 12.0. The number of nitrogens with zero attached hydrogens (tertiary/aromatic N) is 2. The zero-order valence-electron chi connectivity index (χ0n) is 18.6. The van der Waals surface area contributed by atoms with E-state index in [4.69, 9.17) is 20.9 Å². The van der Waals surface area contributed by atoms with Crippen LogP contribution in [0.25, 0.3) is 0 Å². The van der Waals surface area contributed by atoms with Crippen molar-refractivity contribution in [2.75, 3.05) is 18.1 Å². The number of nitrogens with two attached hydrogens (primary N) is 2. The fraction of sp³-hybridized carbons (Fsp3) is 0.160. The number of para-hydroxylation sites is 1. The molecule has 0 unspecified atom stereocenters. The summed E-state index contributed by atoms with van der Waals surface area (Å²) in [6.45, 7) is 5.23. The molecule has 2 aromatic rings. The van der Waals surface area contributed by atoms with Crippen LogP contribution >= 0.6 is 0 Å². The number of Topliss-reactive ketones (excluding diaryl/α,β-unsaturated/α-hetero) is 1. The quantitative estimate of drug-likeness (QED) is 0.142. The molecule has 0 heterocycles. The standard InChI is InChI=1S/C25H24N4O5/c1-15(2)25(32)34-14-16-9-10-19(28-29-20-7-4-6-18(26)23(20)27)22(13-16)33-12-11-17-5-3-8-21(30)24(17)31/h3-10,13H,1,11-12,14,26-27H2,2H3/b29-28-. The molecule has 9 heteroatoms. The first-order chi connectivity index (χ1) is 16.3. The molecule has 1 aliphatic carbocycles. The van der Waals surface area contributed by atoms with Gasteiger partial charge in [0.2, 0.25) is 11.6 Å². The molecule has 4 N–H and O–H groups in total. The number of anilines is 2. The van der Waals surface area contributed by atoms with Gasteiger partial charge in [-0.25, -0.2) is 4.79 Å². The second-order valence-electron chi connectivity index (χ2n) is 7.48. The van der Waals surface area contributed by atoms with Gasteiger partial charge in [0, 0.05) is 17.6 Å². The number of rotatable bonds is 9. The number of azo groups is 1. The average Bonchev–Trinajstić information content (AvgIpc) is 2.81. The lowest BCUT2D eigenvalue weighted by atomic mass is 10.00. The summed E-state index contributed by atoms with van der Waals surface area (Å²) in [4.78, 5) is 35.3. The average molecular weight is 460 g/mol. The number of carbonyl (C=O) groups is 3. The van der Waals surface area contributed by atoms with Gasteiger partial charge in [0.25, 0.3) is 0 Å². The highest BCUT2D eigenvalue weighted by Crippen LogP contribution is 2.33. The molecule has 0 spiro atoms. The highest BCUT2D eigenvalue weighted by molar-refractivity contribution is 6.48. The minimum atomic E-state index is -0.562. The first-order valence-electron chi connectivity index (χ1n) is 10.4. The Morgan fingerprint density at radius 2 is 1.85 bits per heavy atom. The minimum absolute atomic E-state index is 0.00454. The van der Waals surface area contributed by atoms with Gasteiger partial charge < -0.3 is 20.9 Å². The first-order valence-corrected chi connectivity index (χ1v) is 10.4. The Hall–Kier alpha value is -4.53. The van der Waals surface area contributed by atoms with E-state index in [9.17, 15) is 14.4 Å². The molecule has 0 saturated heterocycles. The zero-order valence-corrected chi connectivity index (χ0v) is 18.6. The minimum Gasteiger partial charge on any atom is -0.491 e. The molecule has 174 valence electrons. The molecule has 0 saturated carbocycles. The molecule has 0 bridgehead atoms. The number of benzene rings is 2. The van der Waals surface area contributed by atoms with Crippen LogP contribution in [-0.4, -0.2) is 24.1 Å². The van der Waals surface area contributed by atoms with Gasteiger partial charge in [0.15, 0.2) is 0 Å². The molecule has 34 heavy (non-hydrogen) atoms. The third-order valence-corrected chi connectivity index (χ3v) is 4.81. The molecule has 0 atom stereocenters. The Kier molecular flexibility index (Phi) is 7.71. The second-order valence-corrected chi connectivity index (χ2v) is 7.48. The fourth-order valence-corrected chi connectivity index (χ4v) is 2.91. The lowest BCUT2D eigenvalue weighted by Gasteiger charge is -2.12. The smallest absolute Gasteiger partial charge is 0.333 e. The van der Waals surface area contributed by atoms with Gasteiger partial charge >= 0.3 is 5.97 Å². The van der Waals surface area contributed by atoms with E-state index >= 15 is 0 Å². The summed E-state index contributed by atoms with van der Waals surface area (Å²) >= 11 is 0. The van der Waals surface area contributed by atoms with E-state index in [1.807, 2.05) is 0 Å². The van der Waals surface area contributed by atoms with Crippen molar-refractivity contribution in [3.05, 3.63) is 77.9 Å². The van der Waals surface area contributed by atoms with E-state index in [2.05, 4.69) is 16.8 Å². The number of hydrogen-bond donors (Lipinski definition) is 2. The van der Waals surface area contributed by atoms with Crippen molar-refractivity contribution in [3.8, 4) is 5.75 Å². The summed E-state index contributed by atoms with van der Waals surface area (Å²) in [5.74, 6) is -1.28. The first kappa shape index (κ1) is 24.1. The number of esters is 1. The van der Waals surface area contributed by atoms with Crippen molar-refractivity contribution in [1.29, 1.82) is 0 Å². The van der Waals surface area contributed by atoms with Gasteiger partial charge in [0.1, 0.15) is 23.7 Å². The lowest BCUT2D eigenvalue weighted by Crippen LogP contribution is -2.18. The third kappa shape index (κ3) is 6.04. The summed E-state index contributed by atoms with van der Waals surface area (Å²) < 4.78 is 11.1. The largest absolute Gasteiger partial charge is 0.491 e. The molecule has 0 aliphatic heterocycles. The molecular formula is C25H24N4O5. The van der Waals surface area contributed by atoms with Crippen LogP contribution in [0, 0.1) is 0 Å². The van der Waals surface area contributed by atoms with Gasteiger partial charge in [0.05, 0.1) is 18.0 Å². The summed E-state index contributed by atoms with van der Waals surface area (Å²) in [6, 6.07) is 10.1. The molecule has 3 rings (SSSR count). The van der Waals surface area contributed by atoms with E-state index in [-0.39, 0.29) is 25.2 Å². The molecule has 2 aromatic carbocycles. The molecule has 0 radical (unpaired) electrons. The van der Waals surface area contributed by atoms with Gasteiger partial charge in [-0.15, -0.1) is 10.2 Å². The number of ketones is 2. The van der Waals surface area contributed by atoms with Crippen LogP contribution in [0.5, 0.6) is 5.75 Å². The Morgan fingerprint density at radius 3 is 2.62 bits per heavy atom. The van der Waals surface area contributed by atoms with E-state index in [0.717, 1.165) is 0 Å². The van der Waals surface area contributed by atoms with Gasteiger partial charge in [-0.1, -0.05) is 30.9 Å². The monoisotopic (exact) mass is 460 g/mol. The highest BCUT2D eigenvalue weighted by atomic mass is 16.5. The molecule has 1 aliphatic rings. The number of nitrogen functional groups attached to an aromatic ring is 2. The summed E-state index contributed by atoms with van der Waals surface area (Å²) in [5.41, 5.74) is 14.5. The molecule has 0 fully saturated rings. The van der Waals surface area contributed by atoms with Gasteiger partial charge in [-0.3, -0.25) is 9.59 Å². The van der Waals surface area contributed by atoms with Crippen LogP contribution in [0.4, 0.5) is 22.7 Å². The normalized spacial score (nSPS) is 13.1. The molecule has 0 aromatic heterocycles. The van der Waals surface area contributed by atoms with Crippen molar-refractivity contribution >= 4 is 40.3 Å². The summed E-state index contributed by atoms with van der Waals surface area (Å²) in [7, 11) is 0. The number of carbonyl (C=O) groups excluding carboxylic acids is 3. The molecule has 0 amide bonds.